The highest BCUT2D eigenvalue weighted by Gasteiger charge is 2.36. The number of hydrogen-bond donors (Lipinski definition) is 2. The maximum Gasteiger partial charge on any atom is 0.335 e. The predicted octanol–water partition coefficient (Wildman–Crippen LogP) is 5.18. The predicted molar refractivity (Wildman–Crippen MR) is 107 cm³/mol. The molecule has 3 aromatic rings. The minimum absolute atomic E-state index is 0.0822. The molecule has 1 aromatic heterocycles. The fraction of sp³-hybridized carbons (Fsp3) is 0.217. The van der Waals surface area contributed by atoms with Gasteiger partial charge in [-0.25, -0.2) is 4.79 Å². The fourth-order valence-corrected chi connectivity index (χ4v) is 3.90. The number of nitrogens with one attached hydrogen (secondary N) is 1. The lowest BCUT2D eigenvalue weighted by Crippen LogP contribution is -2.35. The summed E-state index contributed by atoms with van der Waals surface area (Å²) in [5.41, 5.74) is 5.66. The Morgan fingerprint density at radius 2 is 1.85 bits per heavy atom. The van der Waals surface area contributed by atoms with Gasteiger partial charge in [0.05, 0.1) is 11.6 Å². The van der Waals surface area contributed by atoms with Crippen LogP contribution in [0.15, 0.2) is 67.0 Å². The van der Waals surface area contributed by atoms with Gasteiger partial charge in [-0.15, -0.1) is 0 Å². The number of anilines is 1. The van der Waals surface area contributed by atoms with Crippen LogP contribution in [0, 0.1) is 5.41 Å². The Kier molecular flexibility index (Phi) is 4.19. The molecule has 0 fully saturated rings. The number of carbonyl (C=O) groups is 1. The average molecular weight is 358 g/mol. The van der Waals surface area contributed by atoms with Crippen LogP contribution in [0.25, 0.3) is 11.1 Å². The van der Waals surface area contributed by atoms with Crippen LogP contribution in [0.2, 0.25) is 0 Å². The molecule has 0 aliphatic carbocycles. The van der Waals surface area contributed by atoms with Crippen molar-refractivity contribution in [3.05, 3.63) is 83.7 Å². The lowest BCUT2D eigenvalue weighted by atomic mass is 9.73. The first-order chi connectivity index (χ1) is 12.9. The van der Waals surface area contributed by atoms with Crippen LogP contribution in [0.4, 0.5) is 5.69 Å². The fourth-order valence-electron chi connectivity index (χ4n) is 3.90. The minimum atomic E-state index is -0.891. The van der Waals surface area contributed by atoms with Crippen molar-refractivity contribution in [2.45, 2.75) is 26.3 Å². The van der Waals surface area contributed by atoms with Crippen LogP contribution in [0.3, 0.4) is 0 Å². The van der Waals surface area contributed by atoms with Gasteiger partial charge in [-0.1, -0.05) is 44.2 Å². The van der Waals surface area contributed by atoms with Gasteiger partial charge in [0.15, 0.2) is 0 Å². The number of fused-ring (bicyclic) bond motifs is 1. The van der Waals surface area contributed by atoms with Crippen molar-refractivity contribution in [2.75, 3.05) is 5.32 Å². The number of hydrogen-bond acceptors (Lipinski definition) is 3. The van der Waals surface area contributed by atoms with Gasteiger partial charge >= 0.3 is 5.97 Å². The van der Waals surface area contributed by atoms with E-state index in [1.54, 1.807) is 12.1 Å². The number of rotatable bonds is 3. The summed E-state index contributed by atoms with van der Waals surface area (Å²) < 4.78 is 0. The molecule has 1 unspecified atom stereocenters. The van der Waals surface area contributed by atoms with E-state index in [0.29, 0.717) is 5.56 Å². The Labute approximate surface area is 158 Å². The summed E-state index contributed by atoms with van der Waals surface area (Å²) in [4.78, 5) is 15.8. The van der Waals surface area contributed by atoms with Gasteiger partial charge in [-0.3, -0.25) is 4.98 Å². The van der Waals surface area contributed by atoms with Gasteiger partial charge in [0, 0.05) is 23.6 Å². The van der Waals surface area contributed by atoms with E-state index in [0.717, 1.165) is 34.4 Å². The first kappa shape index (κ1) is 17.3. The molecule has 2 N–H and O–H groups in total. The molecular weight excluding hydrogens is 336 g/mol. The number of benzene rings is 2. The number of aromatic nitrogens is 1. The highest BCUT2D eigenvalue weighted by atomic mass is 16.4. The van der Waals surface area contributed by atoms with Gasteiger partial charge in [0.2, 0.25) is 0 Å². The van der Waals surface area contributed by atoms with Crippen LogP contribution < -0.4 is 5.32 Å². The molecule has 0 saturated carbocycles. The molecule has 136 valence electrons. The Bertz CT molecular complexity index is 996. The van der Waals surface area contributed by atoms with Crippen molar-refractivity contribution >= 4 is 11.7 Å². The zero-order chi connectivity index (χ0) is 19.0. The molecule has 4 nitrogen and oxygen atoms in total. The zero-order valence-electron chi connectivity index (χ0n) is 15.4. The monoisotopic (exact) mass is 358 g/mol. The molecule has 27 heavy (non-hydrogen) atoms. The van der Waals surface area contributed by atoms with E-state index >= 15 is 0 Å². The summed E-state index contributed by atoms with van der Waals surface area (Å²) in [6.07, 6.45) is 4.61. The Hall–Kier alpha value is -3.14. The van der Waals surface area contributed by atoms with E-state index in [1.165, 1.54) is 0 Å². The summed E-state index contributed by atoms with van der Waals surface area (Å²) in [6, 6.07) is 17.8. The van der Waals surface area contributed by atoms with E-state index < -0.39 is 5.97 Å². The molecule has 4 rings (SSSR count). The van der Waals surface area contributed by atoms with Crippen LogP contribution in [-0.2, 0) is 6.42 Å². The van der Waals surface area contributed by atoms with E-state index in [4.69, 9.17) is 0 Å². The molecule has 1 aliphatic rings. The highest BCUT2D eigenvalue weighted by Crippen LogP contribution is 2.45. The summed E-state index contributed by atoms with van der Waals surface area (Å²) in [5.74, 6) is -0.891. The zero-order valence-corrected chi connectivity index (χ0v) is 15.4. The van der Waals surface area contributed by atoms with Gasteiger partial charge in [0.1, 0.15) is 0 Å². The van der Waals surface area contributed by atoms with Crippen molar-refractivity contribution in [3.8, 4) is 11.1 Å². The Balaban J connectivity index is 1.71. The average Bonchev–Trinajstić information content (AvgIpc) is 2.67. The number of carboxylic acids is 1. The third-order valence-electron chi connectivity index (χ3n) is 5.28. The van der Waals surface area contributed by atoms with Crippen LogP contribution in [0.5, 0.6) is 0 Å². The second kappa shape index (κ2) is 6.54. The molecule has 0 saturated heterocycles. The molecule has 0 radical (unpaired) electrons. The highest BCUT2D eigenvalue weighted by molar-refractivity contribution is 5.88. The second-order valence-corrected chi connectivity index (χ2v) is 7.79. The third-order valence-corrected chi connectivity index (χ3v) is 5.28. The van der Waals surface area contributed by atoms with E-state index in [2.05, 4.69) is 42.3 Å². The van der Waals surface area contributed by atoms with Gasteiger partial charge in [0.25, 0.3) is 0 Å². The van der Waals surface area contributed by atoms with E-state index in [9.17, 15) is 9.90 Å². The molecule has 0 spiro atoms. The number of aromatic carboxylic acids is 1. The molecule has 1 atom stereocenters. The summed E-state index contributed by atoms with van der Waals surface area (Å²) >= 11 is 0. The van der Waals surface area contributed by atoms with Crippen LogP contribution in [-0.4, -0.2) is 16.1 Å². The van der Waals surface area contributed by atoms with Gasteiger partial charge in [-0.05, 0) is 52.8 Å². The number of carboxylic acid groups (broad SMARTS) is 1. The summed E-state index contributed by atoms with van der Waals surface area (Å²) in [7, 11) is 0. The van der Waals surface area contributed by atoms with E-state index in [-0.39, 0.29) is 11.5 Å². The number of nitrogens with zero attached hydrogens (tertiary/aromatic N) is 1. The second-order valence-electron chi connectivity index (χ2n) is 7.79. The van der Waals surface area contributed by atoms with Gasteiger partial charge < -0.3 is 10.4 Å². The van der Waals surface area contributed by atoms with Crippen molar-refractivity contribution in [3.63, 3.8) is 0 Å². The van der Waals surface area contributed by atoms with Crippen molar-refractivity contribution < 1.29 is 9.90 Å². The minimum Gasteiger partial charge on any atom is -0.478 e. The Morgan fingerprint density at radius 3 is 2.59 bits per heavy atom. The summed E-state index contributed by atoms with van der Waals surface area (Å²) in [5, 5.41) is 12.9. The molecule has 0 amide bonds. The van der Waals surface area contributed by atoms with Crippen molar-refractivity contribution in [1.29, 1.82) is 0 Å². The van der Waals surface area contributed by atoms with Crippen LogP contribution >= 0.6 is 0 Å². The summed E-state index contributed by atoms with van der Waals surface area (Å²) in [6.45, 7) is 4.41. The largest absolute Gasteiger partial charge is 0.478 e. The van der Waals surface area contributed by atoms with Crippen LogP contribution in [0.1, 0.15) is 41.4 Å². The lowest BCUT2D eigenvalue weighted by Gasteiger charge is -2.41. The normalized spacial score (nSPS) is 17.6. The van der Waals surface area contributed by atoms with E-state index in [1.807, 2.05) is 36.7 Å². The third kappa shape index (κ3) is 3.31. The number of pyridine rings is 1. The Morgan fingerprint density at radius 1 is 1.07 bits per heavy atom. The van der Waals surface area contributed by atoms with Crippen molar-refractivity contribution in [2.24, 2.45) is 5.41 Å². The topological polar surface area (TPSA) is 62.2 Å². The van der Waals surface area contributed by atoms with Gasteiger partial charge in [-0.2, -0.15) is 0 Å². The maximum absolute atomic E-state index is 11.3. The quantitative estimate of drug-likeness (QED) is 0.677. The molecule has 4 heteroatoms. The van der Waals surface area contributed by atoms with Crippen molar-refractivity contribution in [1.82, 2.24) is 4.98 Å². The first-order valence-electron chi connectivity index (χ1n) is 9.07. The molecular formula is C23H22N2O2. The smallest absolute Gasteiger partial charge is 0.335 e. The molecule has 2 aromatic carbocycles. The standard InChI is InChI=1S/C23H22N2O2/c1-23(2)12-17-10-16(22(26)27)8-9-20(17)25-21(23)19-11-18(13-24-14-19)15-6-4-3-5-7-15/h3-11,13-14,21,25H,12H2,1-2H3,(H,26,27). The molecule has 2 heterocycles. The lowest BCUT2D eigenvalue weighted by molar-refractivity contribution is 0.0696. The maximum atomic E-state index is 11.3. The molecule has 1 aliphatic heterocycles. The molecule has 0 bridgehead atoms. The first-order valence-corrected chi connectivity index (χ1v) is 9.07. The SMILES string of the molecule is CC1(C)Cc2cc(C(=O)O)ccc2NC1c1cncc(-c2ccccc2)c1.